The molecule has 0 unspecified atom stereocenters. The molecular weight excluding hydrogens is 1680 g/mol. The van der Waals surface area contributed by atoms with Crippen LogP contribution in [0.1, 0.15) is 40.0 Å². The summed E-state index contributed by atoms with van der Waals surface area (Å²) in [5, 5.41) is 0. The van der Waals surface area contributed by atoms with Crippen LogP contribution in [0, 0.1) is 0 Å². The monoisotopic (exact) mass is 1850 g/mol. The fraction of sp³-hybridized carbons (Fsp3) is 0.976. The summed E-state index contributed by atoms with van der Waals surface area (Å²) in [4.78, 5) is 22.8. The first-order valence-electron chi connectivity index (χ1n) is 45.2. The summed E-state index contributed by atoms with van der Waals surface area (Å²) in [5.41, 5.74) is 0. The molecule has 0 aliphatic rings. The van der Waals surface area contributed by atoms with Crippen molar-refractivity contribution in [2.75, 3.05) is 502 Å². The van der Waals surface area contributed by atoms with Crippen LogP contribution in [0.3, 0.4) is 0 Å². The van der Waals surface area contributed by atoms with Crippen molar-refractivity contribution in [1.29, 1.82) is 0 Å². The van der Waals surface area contributed by atoms with Crippen LogP contribution in [-0.2, 0) is 194 Å². The van der Waals surface area contributed by atoms with Gasteiger partial charge in [0.2, 0.25) is 0 Å². The second-order valence-electron chi connectivity index (χ2n) is 26.0. The molecule has 41 heteroatoms. The van der Waals surface area contributed by atoms with Crippen molar-refractivity contribution in [2.45, 2.75) is 46.1 Å². The topological polar surface area (TPSA) is 394 Å². The highest BCUT2D eigenvalue weighted by molar-refractivity contribution is 5.75. The Balaban J connectivity index is 3.12. The number of hydrogen-bond acceptors (Lipinski definition) is 41. The molecule has 0 aromatic carbocycles. The van der Waals surface area contributed by atoms with Crippen LogP contribution in [0.2, 0.25) is 0 Å². The number of hydrogen-bond donors (Lipinski definition) is 0. The molecule has 0 rings (SSSR count). The van der Waals surface area contributed by atoms with Crippen molar-refractivity contribution < 1.29 is 194 Å². The Labute approximate surface area is 751 Å². The Morgan fingerprint density at radius 1 is 0.159 bits per heavy atom. The SMILES string of the molecule is CCOC[C@H](COC(=O)CCCOCCOCCOCCOCCOCCOCCOCCOCCOCCOCCOCCOCCOCCOCCOCCOCCOCCOCCOCCOCCOCCOCCOCCOCCOCCOCCOCCOCCOCCOCCOCCOCCOCCOCCOCCOCCC(C)=O)OCC. The fourth-order valence-electron chi connectivity index (χ4n) is 9.22. The second-order valence-corrected chi connectivity index (χ2v) is 26.0. The number of esters is 1. The van der Waals surface area contributed by atoms with Gasteiger partial charge in [0.1, 0.15) is 18.5 Å². The first-order valence-corrected chi connectivity index (χ1v) is 45.2. The maximum atomic E-state index is 11.9. The van der Waals surface area contributed by atoms with Crippen molar-refractivity contribution in [2.24, 2.45) is 0 Å². The van der Waals surface area contributed by atoms with Gasteiger partial charge in [-0.05, 0) is 27.2 Å². The standard InChI is InChI=1S/C85H168O41/c1-4-88-81-84(125-5-2)82-126-85(87)7-6-9-89-11-13-91-15-17-93-19-21-95-23-25-97-27-29-99-31-33-101-35-37-103-39-41-105-43-45-107-47-49-109-51-53-111-55-57-113-59-61-115-63-65-117-67-69-119-71-73-121-75-77-123-79-80-124-78-76-122-74-72-120-70-68-118-66-64-116-62-60-114-58-56-112-54-52-110-50-48-108-46-44-106-42-40-104-38-36-102-34-32-100-30-28-98-26-24-96-22-20-94-18-16-92-14-12-90-10-8-83(3)86/h84H,4-82H2,1-3H3/t84-/m1/s1. The predicted octanol–water partition coefficient (Wildman–Crippen LogP) is 2.33. The zero-order chi connectivity index (χ0) is 90.2. The number of carbonyl (C=O) groups is 2. The highest BCUT2D eigenvalue weighted by atomic mass is 16.6. The van der Waals surface area contributed by atoms with Crippen LogP contribution in [0.15, 0.2) is 0 Å². The van der Waals surface area contributed by atoms with Crippen LogP contribution in [0.4, 0.5) is 0 Å². The molecule has 0 bridgehead atoms. The molecular formula is C85H168O41. The van der Waals surface area contributed by atoms with Gasteiger partial charge in [0.05, 0.1) is 476 Å². The van der Waals surface area contributed by atoms with Crippen molar-refractivity contribution in [3.63, 3.8) is 0 Å². The van der Waals surface area contributed by atoms with E-state index in [1.165, 1.54) is 0 Å². The summed E-state index contributed by atoms with van der Waals surface area (Å²) in [6, 6.07) is 0. The minimum Gasteiger partial charge on any atom is -0.463 e. The second kappa shape index (κ2) is 117. The molecule has 0 fully saturated rings. The first-order chi connectivity index (χ1) is 62.6. The molecule has 0 aliphatic carbocycles. The summed E-state index contributed by atoms with van der Waals surface area (Å²) in [6.07, 6.45) is 1.04. The molecule has 126 heavy (non-hydrogen) atoms. The van der Waals surface area contributed by atoms with E-state index in [1.807, 2.05) is 13.8 Å². The Bertz CT molecular complexity index is 1940. The molecule has 0 saturated heterocycles. The van der Waals surface area contributed by atoms with Crippen molar-refractivity contribution in [3.05, 3.63) is 0 Å². The molecule has 0 radical (unpaired) electrons. The number of carbonyl (C=O) groups excluding carboxylic acids is 2. The van der Waals surface area contributed by atoms with E-state index in [1.54, 1.807) is 6.92 Å². The summed E-state index contributed by atoms with van der Waals surface area (Å²) >= 11 is 0. The maximum Gasteiger partial charge on any atom is 0.305 e. The minimum atomic E-state index is -0.277. The van der Waals surface area contributed by atoms with E-state index in [-0.39, 0.29) is 30.9 Å². The van der Waals surface area contributed by atoms with Gasteiger partial charge < -0.3 is 185 Å². The lowest BCUT2D eigenvalue weighted by molar-refractivity contribution is -0.150. The normalized spacial score (nSPS) is 12.0. The van der Waals surface area contributed by atoms with Crippen LogP contribution in [0.5, 0.6) is 0 Å². The molecule has 0 N–H and O–H groups in total. The van der Waals surface area contributed by atoms with Gasteiger partial charge in [-0.15, -0.1) is 0 Å². The molecule has 0 aromatic heterocycles. The average Bonchev–Trinajstić information content (AvgIpc) is 0.981. The number of ketones is 1. The molecule has 754 valence electrons. The van der Waals surface area contributed by atoms with E-state index in [0.29, 0.717) is 508 Å². The van der Waals surface area contributed by atoms with Gasteiger partial charge in [0.25, 0.3) is 0 Å². The summed E-state index contributed by atoms with van der Waals surface area (Å²) < 4.78 is 215. The summed E-state index contributed by atoms with van der Waals surface area (Å²) in [6.45, 7) is 41.1. The lowest BCUT2D eigenvalue weighted by Crippen LogP contribution is -2.27. The smallest absolute Gasteiger partial charge is 0.305 e. The summed E-state index contributed by atoms with van der Waals surface area (Å²) in [7, 11) is 0. The van der Waals surface area contributed by atoms with E-state index < -0.39 is 0 Å². The Morgan fingerprint density at radius 3 is 0.421 bits per heavy atom. The summed E-state index contributed by atoms with van der Waals surface area (Å²) in [5.74, 6) is -0.159. The predicted molar refractivity (Wildman–Crippen MR) is 457 cm³/mol. The van der Waals surface area contributed by atoms with E-state index in [9.17, 15) is 9.59 Å². The Morgan fingerprint density at radius 2 is 0.294 bits per heavy atom. The van der Waals surface area contributed by atoms with E-state index in [0.717, 1.165) is 0 Å². The van der Waals surface area contributed by atoms with Crippen molar-refractivity contribution in [3.8, 4) is 0 Å². The van der Waals surface area contributed by atoms with Gasteiger partial charge in [-0.2, -0.15) is 0 Å². The van der Waals surface area contributed by atoms with Gasteiger partial charge in [-0.3, -0.25) is 9.59 Å². The van der Waals surface area contributed by atoms with Crippen molar-refractivity contribution in [1.82, 2.24) is 0 Å². The fourth-order valence-corrected chi connectivity index (χ4v) is 9.22. The van der Waals surface area contributed by atoms with Crippen molar-refractivity contribution >= 4 is 11.8 Å². The zero-order valence-electron chi connectivity index (χ0n) is 77.2. The lowest BCUT2D eigenvalue weighted by atomic mass is 10.3. The zero-order valence-corrected chi connectivity index (χ0v) is 77.2. The third-order valence-electron chi connectivity index (χ3n) is 15.6. The molecule has 0 heterocycles. The van der Waals surface area contributed by atoms with Gasteiger partial charge in [-0.25, -0.2) is 0 Å². The molecule has 1 atom stereocenters. The quantitative estimate of drug-likeness (QED) is 0.0623. The molecule has 0 spiro atoms. The van der Waals surface area contributed by atoms with E-state index >= 15 is 0 Å². The van der Waals surface area contributed by atoms with Gasteiger partial charge in [0.15, 0.2) is 0 Å². The molecule has 0 aromatic rings. The number of rotatable bonds is 119. The first kappa shape index (κ1) is 124. The van der Waals surface area contributed by atoms with Gasteiger partial charge in [0, 0.05) is 32.7 Å². The molecule has 0 amide bonds. The third-order valence-corrected chi connectivity index (χ3v) is 15.6. The largest absolute Gasteiger partial charge is 0.463 e. The molecule has 0 saturated carbocycles. The Hall–Kier alpha value is -2.38. The Kier molecular flexibility index (Phi) is 115. The lowest BCUT2D eigenvalue weighted by Gasteiger charge is -2.16. The van der Waals surface area contributed by atoms with Crippen LogP contribution in [0.25, 0.3) is 0 Å². The molecule has 41 nitrogen and oxygen atoms in total. The van der Waals surface area contributed by atoms with Gasteiger partial charge >= 0.3 is 5.97 Å². The van der Waals surface area contributed by atoms with Crippen LogP contribution >= 0.6 is 0 Å². The average molecular weight is 1850 g/mol. The number of Topliss-reactive ketones (excluding diaryl/α,β-unsaturated/α-hetero) is 1. The number of ether oxygens (including phenoxy) is 39. The van der Waals surface area contributed by atoms with Crippen LogP contribution in [-0.4, -0.2) is 520 Å². The van der Waals surface area contributed by atoms with Crippen LogP contribution < -0.4 is 0 Å². The minimum absolute atomic E-state index is 0.118. The van der Waals surface area contributed by atoms with Gasteiger partial charge in [-0.1, -0.05) is 0 Å². The van der Waals surface area contributed by atoms with E-state index in [4.69, 9.17) is 185 Å². The maximum absolute atomic E-state index is 11.9. The highest BCUT2D eigenvalue weighted by Gasteiger charge is 2.13. The van der Waals surface area contributed by atoms with E-state index in [2.05, 4.69) is 0 Å². The molecule has 0 aliphatic heterocycles. The third kappa shape index (κ3) is 116. The highest BCUT2D eigenvalue weighted by Crippen LogP contribution is 2.02.